The average molecular weight is 219 g/mol. The van der Waals surface area contributed by atoms with Gasteiger partial charge >= 0.3 is 6.09 Å². The first-order valence-electron chi connectivity index (χ1n) is 4.99. The number of alkyl carbamates (subject to hydrolysis) is 1. The third kappa shape index (κ3) is 1.98. The Kier molecular flexibility index (Phi) is 2.76. The van der Waals surface area contributed by atoms with Gasteiger partial charge in [-0.15, -0.1) is 0 Å². The first-order valence-corrected chi connectivity index (χ1v) is 4.99. The van der Waals surface area contributed by atoms with E-state index in [-0.39, 0.29) is 6.04 Å². The first-order chi connectivity index (χ1) is 7.70. The maximum atomic E-state index is 11.0. The molecule has 1 aliphatic heterocycles. The highest BCUT2D eigenvalue weighted by molar-refractivity contribution is 6.03. The molecule has 1 aromatic carbocycles. The standard InChI is InChI=1S/C11H13N3O2/c1-7-8-5-3-4-6-9(8)13-10(12-7)14-11(15)16-2/h3-7H,1-2H3,(H2,12,13,14,15)/t7-/m1/s1. The van der Waals surface area contributed by atoms with E-state index in [1.165, 1.54) is 7.11 Å². The molecular weight excluding hydrogens is 206 g/mol. The molecule has 0 bridgehead atoms. The van der Waals surface area contributed by atoms with E-state index in [1.54, 1.807) is 0 Å². The van der Waals surface area contributed by atoms with Gasteiger partial charge < -0.3 is 10.1 Å². The number of carbonyl (C=O) groups is 1. The summed E-state index contributed by atoms with van der Waals surface area (Å²) in [6, 6.07) is 7.86. The van der Waals surface area contributed by atoms with Crippen LogP contribution >= 0.6 is 0 Å². The van der Waals surface area contributed by atoms with Crippen molar-refractivity contribution >= 4 is 17.7 Å². The van der Waals surface area contributed by atoms with Gasteiger partial charge in [-0.3, -0.25) is 5.32 Å². The number of amides is 1. The minimum atomic E-state index is -0.530. The minimum Gasteiger partial charge on any atom is -0.453 e. The van der Waals surface area contributed by atoms with Crippen LogP contribution < -0.4 is 10.6 Å². The molecule has 1 amide bonds. The molecule has 0 radical (unpaired) electrons. The zero-order valence-corrected chi connectivity index (χ0v) is 9.15. The van der Waals surface area contributed by atoms with E-state index in [2.05, 4.69) is 20.4 Å². The van der Waals surface area contributed by atoms with E-state index in [4.69, 9.17) is 0 Å². The van der Waals surface area contributed by atoms with Gasteiger partial charge in [0.25, 0.3) is 0 Å². The van der Waals surface area contributed by atoms with Crippen LogP contribution in [0.3, 0.4) is 0 Å². The molecule has 0 aliphatic carbocycles. The molecule has 0 spiro atoms. The van der Waals surface area contributed by atoms with Crippen molar-refractivity contribution in [1.82, 2.24) is 5.32 Å². The summed E-state index contributed by atoms with van der Waals surface area (Å²) in [7, 11) is 1.32. The van der Waals surface area contributed by atoms with E-state index in [1.807, 2.05) is 31.2 Å². The van der Waals surface area contributed by atoms with Crippen LogP contribution in [0.25, 0.3) is 0 Å². The molecule has 0 fully saturated rings. The smallest absolute Gasteiger partial charge is 0.413 e. The fraction of sp³-hybridized carbons (Fsp3) is 0.273. The third-order valence-corrected chi connectivity index (χ3v) is 2.39. The van der Waals surface area contributed by atoms with Crippen molar-refractivity contribution in [3.63, 3.8) is 0 Å². The second-order valence-electron chi connectivity index (χ2n) is 3.48. The lowest BCUT2D eigenvalue weighted by atomic mass is 10.1. The number of hydrogen-bond acceptors (Lipinski definition) is 4. The Morgan fingerprint density at radius 2 is 2.25 bits per heavy atom. The Balaban J connectivity index is 2.20. The first kappa shape index (κ1) is 10.5. The molecule has 0 aromatic heterocycles. The molecule has 84 valence electrons. The third-order valence-electron chi connectivity index (χ3n) is 2.39. The summed E-state index contributed by atoms with van der Waals surface area (Å²) >= 11 is 0. The van der Waals surface area contributed by atoms with Crippen LogP contribution in [0, 0.1) is 0 Å². The van der Waals surface area contributed by atoms with Gasteiger partial charge in [-0.1, -0.05) is 18.2 Å². The van der Waals surface area contributed by atoms with Crippen molar-refractivity contribution < 1.29 is 9.53 Å². The molecule has 0 unspecified atom stereocenters. The number of guanidine groups is 1. The number of anilines is 1. The fourth-order valence-electron chi connectivity index (χ4n) is 1.61. The number of aliphatic imine (C=N–C) groups is 1. The number of rotatable bonds is 0. The van der Waals surface area contributed by atoms with Gasteiger partial charge in [-0.05, 0) is 18.6 Å². The SMILES string of the molecule is COC(=O)NC1=N[C@H](C)c2ccccc2N1. The highest BCUT2D eigenvalue weighted by atomic mass is 16.5. The number of fused-ring (bicyclic) bond motifs is 1. The average Bonchev–Trinajstić information content (AvgIpc) is 2.29. The van der Waals surface area contributed by atoms with Crippen LogP contribution in [0.4, 0.5) is 10.5 Å². The van der Waals surface area contributed by atoms with Crippen molar-refractivity contribution in [3.05, 3.63) is 29.8 Å². The fourth-order valence-corrected chi connectivity index (χ4v) is 1.61. The lowest BCUT2D eigenvalue weighted by Gasteiger charge is -2.22. The number of methoxy groups -OCH3 is 1. The van der Waals surface area contributed by atoms with Crippen LogP contribution in [0.15, 0.2) is 29.3 Å². The van der Waals surface area contributed by atoms with E-state index in [9.17, 15) is 4.79 Å². The zero-order chi connectivity index (χ0) is 11.5. The summed E-state index contributed by atoms with van der Waals surface area (Å²) < 4.78 is 4.51. The molecule has 1 heterocycles. The number of nitrogens with one attached hydrogen (secondary N) is 2. The van der Waals surface area contributed by atoms with E-state index in [0.29, 0.717) is 5.96 Å². The summed E-state index contributed by atoms with van der Waals surface area (Å²) in [6.07, 6.45) is -0.530. The number of ether oxygens (including phenoxy) is 1. The quantitative estimate of drug-likeness (QED) is 0.700. The van der Waals surface area contributed by atoms with Gasteiger partial charge in [0, 0.05) is 5.69 Å². The van der Waals surface area contributed by atoms with E-state index >= 15 is 0 Å². The van der Waals surface area contributed by atoms with E-state index < -0.39 is 6.09 Å². The molecule has 5 heteroatoms. The van der Waals surface area contributed by atoms with Crippen LogP contribution in [0.5, 0.6) is 0 Å². The largest absolute Gasteiger partial charge is 0.453 e. The number of benzene rings is 1. The Morgan fingerprint density at radius 1 is 1.50 bits per heavy atom. The summed E-state index contributed by atoms with van der Waals surface area (Å²) in [5.74, 6) is 0.415. The molecule has 1 atom stereocenters. The molecular formula is C11H13N3O2. The molecule has 1 aliphatic rings. The Morgan fingerprint density at radius 3 is 3.00 bits per heavy atom. The van der Waals surface area contributed by atoms with Crippen molar-refractivity contribution in [3.8, 4) is 0 Å². The molecule has 0 saturated carbocycles. The van der Waals surface area contributed by atoms with Crippen LogP contribution in [-0.4, -0.2) is 19.2 Å². The molecule has 2 N–H and O–H groups in total. The normalized spacial score (nSPS) is 17.9. The van der Waals surface area contributed by atoms with Gasteiger partial charge in [-0.2, -0.15) is 0 Å². The topological polar surface area (TPSA) is 62.7 Å². The van der Waals surface area contributed by atoms with Crippen LogP contribution in [0.1, 0.15) is 18.5 Å². The van der Waals surface area contributed by atoms with Crippen molar-refractivity contribution in [1.29, 1.82) is 0 Å². The molecule has 2 rings (SSSR count). The van der Waals surface area contributed by atoms with Crippen LogP contribution in [0.2, 0.25) is 0 Å². The second kappa shape index (κ2) is 4.22. The highest BCUT2D eigenvalue weighted by Crippen LogP contribution is 2.28. The summed E-state index contributed by atoms with van der Waals surface area (Å²) in [5.41, 5.74) is 2.06. The number of carbonyl (C=O) groups excluding carboxylic acids is 1. The molecule has 0 saturated heterocycles. The van der Waals surface area contributed by atoms with Gasteiger partial charge in [0.15, 0.2) is 0 Å². The van der Waals surface area contributed by atoms with Gasteiger partial charge in [0.1, 0.15) is 0 Å². The summed E-state index contributed by atoms with van der Waals surface area (Å²) in [5, 5.41) is 5.55. The van der Waals surface area contributed by atoms with E-state index in [0.717, 1.165) is 11.3 Å². The number of para-hydroxylation sites is 1. The molecule has 1 aromatic rings. The highest BCUT2D eigenvalue weighted by Gasteiger charge is 2.18. The Hall–Kier alpha value is -2.04. The molecule has 16 heavy (non-hydrogen) atoms. The summed E-state index contributed by atoms with van der Waals surface area (Å²) in [4.78, 5) is 15.3. The Labute approximate surface area is 93.5 Å². The molecule has 5 nitrogen and oxygen atoms in total. The van der Waals surface area contributed by atoms with Gasteiger partial charge in [0.2, 0.25) is 5.96 Å². The maximum absolute atomic E-state index is 11.0. The van der Waals surface area contributed by atoms with Crippen LogP contribution in [-0.2, 0) is 4.74 Å². The van der Waals surface area contributed by atoms with Crippen molar-refractivity contribution in [2.24, 2.45) is 4.99 Å². The predicted octanol–water partition coefficient (Wildman–Crippen LogP) is 1.89. The number of nitrogens with zero attached hydrogens (tertiary/aromatic N) is 1. The monoisotopic (exact) mass is 219 g/mol. The maximum Gasteiger partial charge on any atom is 0.413 e. The summed E-state index contributed by atoms with van der Waals surface area (Å²) in [6.45, 7) is 1.97. The van der Waals surface area contributed by atoms with Crippen molar-refractivity contribution in [2.45, 2.75) is 13.0 Å². The predicted molar refractivity (Wildman–Crippen MR) is 61.5 cm³/mol. The lowest BCUT2D eigenvalue weighted by Crippen LogP contribution is -2.38. The number of hydrogen-bond donors (Lipinski definition) is 2. The van der Waals surface area contributed by atoms with Crippen molar-refractivity contribution in [2.75, 3.05) is 12.4 Å². The minimum absolute atomic E-state index is 0.0182. The van der Waals surface area contributed by atoms with Gasteiger partial charge in [0.05, 0.1) is 13.2 Å². The van der Waals surface area contributed by atoms with Gasteiger partial charge in [-0.25, -0.2) is 9.79 Å². The Bertz CT molecular complexity index is 443. The lowest BCUT2D eigenvalue weighted by molar-refractivity contribution is 0.176. The zero-order valence-electron chi connectivity index (χ0n) is 9.15. The second-order valence-corrected chi connectivity index (χ2v) is 3.48.